The first-order valence-electron chi connectivity index (χ1n) is 24.8. The number of nitrogens with one attached hydrogen (secondary N) is 6. The second-order valence-electron chi connectivity index (χ2n) is 17.7. The maximum absolute atomic E-state index is 13.2. The second-order valence-corrected chi connectivity index (χ2v) is 22.7. The lowest BCUT2D eigenvalue weighted by molar-refractivity contribution is -0.675. The van der Waals surface area contributed by atoms with Crippen LogP contribution in [0.5, 0.6) is 0 Å². The summed E-state index contributed by atoms with van der Waals surface area (Å²) in [5.41, 5.74) is 7.17. The Morgan fingerprint density at radius 2 is 1.36 bits per heavy atom. The summed E-state index contributed by atoms with van der Waals surface area (Å²) in [6.07, 6.45) is 7.24. The number of amides is 4. The molecule has 3 aromatic carbocycles. The number of carbonyl (C=O) groups excluding carboxylic acids is 2. The van der Waals surface area contributed by atoms with Crippen LogP contribution >= 0.6 is 34.8 Å². The molecule has 0 saturated heterocycles. The van der Waals surface area contributed by atoms with E-state index in [0.29, 0.717) is 55.5 Å². The van der Waals surface area contributed by atoms with Crippen molar-refractivity contribution < 1.29 is 56.0 Å². The average Bonchev–Trinajstić information content (AvgIpc) is 3.36. The highest BCUT2D eigenvalue weighted by Crippen LogP contribution is 2.37. The third kappa shape index (κ3) is 20.0. The van der Waals surface area contributed by atoms with Gasteiger partial charge in [-0.3, -0.25) is 0 Å². The van der Waals surface area contributed by atoms with Gasteiger partial charge < -0.3 is 50.8 Å². The maximum Gasteiger partial charge on any atom is 0.314 e. The number of nitrogens with two attached hydrogens (primary N) is 2. The van der Waals surface area contributed by atoms with E-state index in [9.17, 15) is 26.4 Å². The van der Waals surface area contributed by atoms with E-state index < -0.39 is 25.3 Å². The molecular formula is C50H73Cl3N8O10S2+2. The van der Waals surface area contributed by atoms with E-state index in [4.69, 9.17) is 53.8 Å². The van der Waals surface area contributed by atoms with Crippen LogP contribution in [0.2, 0.25) is 15.1 Å². The molecule has 1 aliphatic heterocycles. The van der Waals surface area contributed by atoms with Crippen molar-refractivity contribution >= 4 is 66.9 Å². The Kier molecular flexibility index (Phi) is 25.7. The fraction of sp³-hybridized carbons (Fsp3) is 0.520. The van der Waals surface area contributed by atoms with Crippen LogP contribution in [0.4, 0.5) is 9.59 Å². The van der Waals surface area contributed by atoms with Crippen LogP contribution in [0.25, 0.3) is 0 Å². The average molecular weight is 1120 g/mol. The number of benzene rings is 3. The molecular weight excluding hydrogens is 1040 g/mol. The molecule has 1 heterocycles. The number of hydrogen-bond donors (Lipinski definition) is 8. The van der Waals surface area contributed by atoms with E-state index in [0.717, 1.165) is 63.6 Å². The van der Waals surface area contributed by atoms with Gasteiger partial charge in [0.2, 0.25) is 20.0 Å². The molecule has 10 N–H and O–H groups in total. The number of carbonyl (C=O) groups is 2. The van der Waals surface area contributed by atoms with E-state index in [1.165, 1.54) is 0 Å². The molecule has 73 heavy (non-hydrogen) atoms. The van der Waals surface area contributed by atoms with Gasteiger partial charge >= 0.3 is 12.1 Å². The number of hydrogen-bond acceptors (Lipinski definition) is 10. The molecule has 3 atom stereocenters. The van der Waals surface area contributed by atoms with Gasteiger partial charge in [0, 0.05) is 66.4 Å². The molecule has 1 unspecified atom stereocenters. The van der Waals surface area contributed by atoms with Gasteiger partial charge in [0.25, 0.3) is 0 Å². The molecule has 0 spiro atoms. The van der Waals surface area contributed by atoms with Crippen LogP contribution in [-0.2, 0) is 52.1 Å². The van der Waals surface area contributed by atoms with Gasteiger partial charge in [0.05, 0.1) is 87.5 Å². The molecule has 0 aromatic heterocycles. The maximum atomic E-state index is 13.2. The monoisotopic (exact) mass is 1110 g/mol. The molecule has 0 bridgehead atoms. The van der Waals surface area contributed by atoms with Crippen molar-refractivity contribution in [3.63, 3.8) is 0 Å². The lowest BCUT2D eigenvalue weighted by atomic mass is 9.84. The third-order valence-electron chi connectivity index (χ3n) is 12.2. The zero-order chi connectivity index (χ0) is 52.6. The van der Waals surface area contributed by atoms with Gasteiger partial charge in [-0.1, -0.05) is 83.7 Å². The third-order valence-corrected chi connectivity index (χ3v) is 16.3. The molecule has 0 fully saturated rings. The molecule has 0 radical (unpaired) electrons. The van der Waals surface area contributed by atoms with Crippen molar-refractivity contribution in [3.8, 4) is 0 Å². The van der Waals surface area contributed by atoms with Crippen molar-refractivity contribution in [2.75, 3.05) is 106 Å². The minimum absolute atomic E-state index is 0.0117. The molecule has 4 amide bonds. The summed E-state index contributed by atoms with van der Waals surface area (Å²) < 4.78 is 79.8. The molecule has 0 saturated carbocycles. The lowest BCUT2D eigenvalue weighted by Gasteiger charge is -2.25. The van der Waals surface area contributed by atoms with Crippen LogP contribution in [0.3, 0.4) is 0 Å². The first-order chi connectivity index (χ1) is 35.1. The fourth-order valence-electron chi connectivity index (χ4n) is 8.49. The Hall–Kier alpha value is -3.87. The molecule has 18 nitrogen and oxygen atoms in total. The van der Waals surface area contributed by atoms with E-state index in [1.807, 2.05) is 44.3 Å². The van der Waals surface area contributed by atoms with Crippen LogP contribution in [-0.4, -0.2) is 140 Å². The first kappa shape index (κ1) is 60.0. The van der Waals surface area contributed by atoms with Gasteiger partial charge in [-0.05, 0) is 78.8 Å². The number of quaternary nitrogens is 2. The Morgan fingerprint density at radius 3 is 1.99 bits per heavy atom. The molecule has 3 aromatic rings. The van der Waals surface area contributed by atoms with E-state index in [1.54, 1.807) is 30.3 Å². The predicted molar refractivity (Wildman–Crippen MR) is 284 cm³/mol. The Labute approximate surface area is 445 Å². The van der Waals surface area contributed by atoms with Gasteiger partial charge in [-0.2, -0.15) is 0 Å². The number of ether oxygens (including phenoxy) is 4. The van der Waals surface area contributed by atoms with Crippen molar-refractivity contribution in [1.29, 1.82) is 0 Å². The summed E-state index contributed by atoms with van der Waals surface area (Å²) in [5, 5.41) is 16.4. The Balaban J connectivity index is 0.789. The molecule has 404 valence electrons. The molecule has 1 aliphatic carbocycles. The highest BCUT2D eigenvalue weighted by atomic mass is 35.5. The zero-order valence-corrected chi connectivity index (χ0v) is 45.8. The van der Waals surface area contributed by atoms with Crippen molar-refractivity contribution in [2.45, 2.75) is 68.2 Å². The standard InChI is InChI=1S/C50H71Cl3N8O10S2/c1-35-26-42(45(32-54-3)47(52)27-35)36(2)37-8-6-10-40(28-37)72(64,65)60-16-20-70-24-22-68-18-14-58-49(62)56-12-4-5-13-57-50(63)59-15-19-69-23-25-71-21-17-61-73(66,67)41-11-7-9-38(29-41)44-33-55-34-46-43(44)30-39(51)31-48(46)53/h6-11,26-27,29-31,36,40,44,54-55,60-61H,4-5,12-25,28,32-34H2,1-3H3,(H2,56,58,62)(H2,57,59,63)/p+2/t36-,40?,44-/m0/s1. The zero-order valence-electron chi connectivity index (χ0n) is 41.9. The smallest absolute Gasteiger partial charge is 0.314 e. The van der Waals surface area contributed by atoms with E-state index in [-0.39, 0.29) is 94.7 Å². The molecule has 5 rings (SSSR count). The molecule has 2 aliphatic rings. The second kappa shape index (κ2) is 31.2. The van der Waals surface area contributed by atoms with Crippen molar-refractivity contribution in [2.24, 2.45) is 0 Å². The minimum atomic E-state index is -3.77. The first-order valence-corrected chi connectivity index (χ1v) is 28.9. The van der Waals surface area contributed by atoms with Crippen LogP contribution in [0.1, 0.15) is 71.4 Å². The molecule has 23 heteroatoms. The summed E-state index contributed by atoms with van der Waals surface area (Å²) in [7, 11) is -5.41. The van der Waals surface area contributed by atoms with Crippen molar-refractivity contribution in [1.82, 2.24) is 30.7 Å². The summed E-state index contributed by atoms with van der Waals surface area (Å²) in [5.74, 6) is -0.0401. The van der Waals surface area contributed by atoms with Crippen LogP contribution < -0.4 is 41.3 Å². The minimum Gasteiger partial charge on any atom is -0.378 e. The van der Waals surface area contributed by atoms with Crippen molar-refractivity contribution in [3.05, 3.63) is 121 Å². The summed E-state index contributed by atoms with van der Waals surface area (Å²) in [6, 6.07) is 14.0. The number of sulfonamides is 2. The fourth-order valence-corrected chi connectivity index (χ4v) is 11.8. The van der Waals surface area contributed by atoms with Crippen LogP contribution in [0.15, 0.2) is 77.2 Å². The quantitative estimate of drug-likeness (QED) is 0.0423. The normalized spacial score (nSPS) is 16.1. The summed E-state index contributed by atoms with van der Waals surface area (Å²) in [6.45, 7) is 9.99. The number of allylic oxidation sites excluding steroid dienone is 3. The largest absolute Gasteiger partial charge is 0.378 e. The number of urea groups is 2. The van der Waals surface area contributed by atoms with Gasteiger partial charge in [0.1, 0.15) is 13.1 Å². The van der Waals surface area contributed by atoms with Gasteiger partial charge in [-0.15, -0.1) is 0 Å². The van der Waals surface area contributed by atoms with Crippen LogP contribution in [0, 0.1) is 6.92 Å². The Morgan fingerprint density at radius 1 is 0.753 bits per heavy atom. The van der Waals surface area contributed by atoms with E-state index in [2.05, 4.69) is 54.3 Å². The number of rotatable bonds is 32. The highest BCUT2D eigenvalue weighted by molar-refractivity contribution is 7.90. The highest BCUT2D eigenvalue weighted by Gasteiger charge is 2.30. The Bertz CT molecular complexity index is 2560. The number of halogens is 3. The lowest BCUT2D eigenvalue weighted by Crippen LogP contribution is -2.85. The summed E-state index contributed by atoms with van der Waals surface area (Å²) >= 11 is 19.4. The number of unbranched alkanes of at least 4 members (excludes halogenated alkanes) is 1. The van der Waals surface area contributed by atoms with Gasteiger partial charge in [-0.25, -0.2) is 35.9 Å². The predicted octanol–water partition coefficient (Wildman–Crippen LogP) is 3.56. The topological polar surface area (TPSA) is 245 Å². The summed E-state index contributed by atoms with van der Waals surface area (Å²) in [4.78, 5) is 24.4. The van der Waals surface area contributed by atoms with E-state index >= 15 is 0 Å². The van der Waals surface area contributed by atoms with Gasteiger partial charge in [0.15, 0.2) is 0 Å². The number of aryl methyl sites for hydroxylation is 1. The SMILES string of the molecule is C[NH2+]Cc1c(Cl)cc(C)cc1[C@@H](C)C1=CC=CC(S(=O)(=O)NCCOCCOCCNC(=O)NCCCCNC(=O)NCCOCCOCCNS(=O)(=O)c2cccc([C@@H]3C[NH2+]Cc4c(Cl)cc(Cl)cc43)c2)C1. The number of fused-ring (bicyclic) bond motifs is 1.